The van der Waals surface area contributed by atoms with E-state index >= 15 is 0 Å². The molecule has 2 aliphatic carbocycles. The minimum atomic E-state index is -0.115. The number of hydrogen-bond acceptors (Lipinski definition) is 4. The van der Waals surface area contributed by atoms with Crippen molar-refractivity contribution in [1.29, 1.82) is 0 Å². The van der Waals surface area contributed by atoms with Gasteiger partial charge >= 0.3 is 0 Å². The number of carbonyl (C=O) groups is 2. The predicted octanol–water partition coefficient (Wildman–Crippen LogP) is 1.31. The number of likely N-dealkylation sites (N-methyl/N-ethyl adjacent to an activating group) is 1. The molecule has 3 rings (SSSR count). The number of hydrogen-bond donors (Lipinski definition) is 2. The lowest BCUT2D eigenvalue weighted by Crippen LogP contribution is -2.46. The third-order valence-electron chi connectivity index (χ3n) is 6.37. The summed E-state index contributed by atoms with van der Waals surface area (Å²) < 4.78 is 0. The van der Waals surface area contributed by atoms with Gasteiger partial charge in [-0.05, 0) is 53.1 Å². The standard InChI is InChI=1S/C20H33N5O2.HI/c1-6-21-19(23-12-20(2,3)24(4)5)22-9-10-25-17(26)15-13-7-8-14(11-13)16(15)18(25)27;/h7-8,13-16H,6,9-12H2,1-5H3,(H2,21,22,23);1H. The molecular formula is C20H34IN5O2. The lowest BCUT2D eigenvalue weighted by Gasteiger charge is -2.31. The Morgan fingerprint density at radius 3 is 2.25 bits per heavy atom. The van der Waals surface area contributed by atoms with Gasteiger partial charge in [-0.3, -0.25) is 19.5 Å². The highest BCUT2D eigenvalue weighted by molar-refractivity contribution is 14.0. The van der Waals surface area contributed by atoms with E-state index in [0.717, 1.165) is 13.0 Å². The fourth-order valence-electron chi connectivity index (χ4n) is 4.23. The van der Waals surface area contributed by atoms with Crippen LogP contribution in [-0.4, -0.2) is 73.4 Å². The summed E-state index contributed by atoms with van der Waals surface area (Å²) in [5, 5.41) is 6.49. The minimum absolute atomic E-state index is 0. The lowest BCUT2D eigenvalue weighted by atomic mass is 9.85. The first-order valence-electron chi connectivity index (χ1n) is 9.99. The smallest absolute Gasteiger partial charge is 0.233 e. The fourth-order valence-corrected chi connectivity index (χ4v) is 4.23. The first kappa shape index (κ1) is 23.1. The van der Waals surface area contributed by atoms with Gasteiger partial charge < -0.3 is 15.5 Å². The lowest BCUT2D eigenvalue weighted by molar-refractivity contribution is -0.140. The van der Waals surface area contributed by atoms with E-state index in [-0.39, 0.29) is 65.0 Å². The summed E-state index contributed by atoms with van der Waals surface area (Å²) in [5.74, 6) is 1.04. The van der Waals surface area contributed by atoms with Crippen LogP contribution < -0.4 is 10.6 Å². The summed E-state index contributed by atoms with van der Waals surface area (Å²) in [6, 6.07) is 0. The number of imide groups is 1. The zero-order chi connectivity index (χ0) is 19.8. The Balaban J connectivity index is 0.00000280. The number of guanidine groups is 1. The molecule has 0 aromatic heterocycles. The molecule has 1 aliphatic heterocycles. The molecule has 0 radical (unpaired) electrons. The van der Waals surface area contributed by atoms with Crippen molar-refractivity contribution in [2.75, 3.05) is 40.3 Å². The Morgan fingerprint density at radius 1 is 1.18 bits per heavy atom. The van der Waals surface area contributed by atoms with E-state index in [1.807, 2.05) is 21.0 Å². The van der Waals surface area contributed by atoms with Crippen LogP contribution in [0.5, 0.6) is 0 Å². The molecule has 2 N–H and O–H groups in total. The molecule has 2 bridgehead atoms. The average molecular weight is 503 g/mol. The maximum Gasteiger partial charge on any atom is 0.233 e. The van der Waals surface area contributed by atoms with Crippen molar-refractivity contribution in [2.24, 2.45) is 28.7 Å². The first-order valence-corrected chi connectivity index (χ1v) is 9.99. The van der Waals surface area contributed by atoms with E-state index < -0.39 is 0 Å². The molecule has 1 saturated carbocycles. The number of nitrogens with one attached hydrogen (secondary N) is 2. The highest BCUT2D eigenvalue weighted by Gasteiger charge is 2.58. The van der Waals surface area contributed by atoms with Gasteiger partial charge in [-0.2, -0.15) is 0 Å². The van der Waals surface area contributed by atoms with Crippen LogP contribution in [0.2, 0.25) is 0 Å². The molecule has 4 atom stereocenters. The molecule has 4 unspecified atom stereocenters. The molecule has 1 heterocycles. The number of rotatable bonds is 7. The Labute approximate surface area is 185 Å². The number of nitrogens with zero attached hydrogens (tertiary/aromatic N) is 3. The highest BCUT2D eigenvalue weighted by Crippen LogP contribution is 2.52. The maximum atomic E-state index is 12.7. The van der Waals surface area contributed by atoms with Crippen LogP contribution >= 0.6 is 24.0 Å². The molecule has 8 heteroatoms. The summed E-state index contributed by atoms with van der Waals surface area (Å²) in [7, 11) is 4.08. The van der Waals surface area contributed by atoms with E-state index in [9.17, 15) is 9.59 Å². The van der Waals surface area contributed by atoms with Gasteiger partial charge in [0.25, 0.3) is 0 Å². The normalized spacial score (nSPS) is 28.8. The highest BCUT2D eigenvalue weighted by atomic mass is 127. The maximum absolute atomic E-state index is 12.7. The fraction of sp³-hybridized carbons (Fsp3) is 0.750. The molecule has 0 spiro atoms. The number of carbonyl (C=O) groups excluding carboxylic acids is 2. The molecule has 1 saturated heterocycles. The van der Waals surface area contributed by atoms with E-state index in [1.54, 1.807) is 0 Å². The molecule has 158 valence electrons. The molecule has 0 aromatic carbocycles. The van der Waals surface area contributed by atoms with Gasteiger partial charge in [-0.1, -0.05) is 12.2 Å². The third kappa shape index (κ3) is 4.37. The summed E-state index contributed by atoms with van der Waals surface area (Å²) >= 11 is 0. The minimum Gasteiger partial charge on any atom is -0.357 e. The Bertz CT molecular complexity index is 631. The molecule has 2 fully saturated rings. The second-order valence-electron chi connectivity index (χ2n) is 8.66. The second-order valence-corrected chi connectivity index (χ2v) is 8.66. The summed E-state index contributed by atoms with van der Waals surface area (Å²) in [5.41, 5.74) is -0.0487. The number of aliphatic imine (C=N–C) groups is 1. The van der Waals surface area contributed by atoms with Crippen molar-refractivity contribution in [3.63, 3.8) is 0 Å². The topological polar surface area (TPSA) is 77.0 Å². The van der Waals surface area contributed by atoms with Gasteiger partial charge in [0.15, 0.2) is 5.96 Å². The summed E-state index contributed by atoms with van der Waals surface area (Å²) in [4.78, 5) is 33.7. The van der Waals surface area contributed by atoms with Crippen molar-refractivity contribution in [3.05, 3.63) is 12.2 Å². The van der Waals surface area contributed by atoms with Crippen molar-refractivity contribution < 1.29 is 9.59 Å². The van der Waals surface area contributed by atoms with Crippen molar-refractivity contribution in [3.8, 4) is 0 Å². The number of allylic oxidation sites excluding steroid dienone is 2. The van der Waals surface area contributed by atoms with E-state index in [1.165, 1.54) is 4.90 Å². The van der Waals surface area contributed by atoms with E-state index in [4.69, 9.17) is 0 Å². The van der Waals surface area contributed by atoms with Crippen molar-refractivity contribution in [2.45, 2.75) is 32.7 Å². The molecule has 2 amide bonds. The zero-order valence-electron chi connectivity index (χ0n) is 17.6. The average Bonchev–Trinajstić information content (AvgIpc) is 3.28. The largest absolute Gasteiger partial charge is 0.357 e. The Hall–Kier alpha value is -1.16. The Kier molecular flexibility index (Phi) is 7.52. The molecule has 0 aromatic rings. The predicted molar refractivity (Wildman–Crippen MR) is 122 cm³/mol. The second kappa shape index (κ2) is 9.11. The zero-order valence-corrected chi connectivity index (χ0v) is 19.9. The van der Waals surface area contributed by atoms with Gasteiger partial charge in [0, 0.05) is 25.2 Å². The van der Waals surface area contributed by atoms with Gasteiger partial charge in [-0.25, -0.2) is 0 Å². The molecular weight excluding hydrogens is 469 g/mol. The SMILES string of the molecule is CCNC(=NCC(C)(C)N(C)C)NCCN1C(=O)C2C3C=CC(C3)C2C1=O.I. The van der Waals surface area contributed by atoms with Crippen LogP contribution in [0.25, 0.3) is 0 Å². The monoisotopic (exact) mass is 503 g/mol. The number of likely N-dealkylation sites (tertiary alicyclic amines) is 1. The van der Waals surface area contributed by atoms with Gasteiger partial charge in [0.2, 0.25) is 11.8 Å². The number of fused-ring (bicyclic) bond motifs is 5. The van der Waals surface area contributed by atoms with Crippen LogP contribution in [0, 0.1) is 23.7 Å². The van der Waals surface area contributed by atoms with Gasteiger partial charge in [0.05, 0.1) is 18.4 Å². The quantitative estimate of drug-likeness (QED) is 0.180. The van der Waals surface area contributed by atoms with E-state index in [0.29, 0.717) is 25.6 Å². The van der Waals surface area contributed by atoms with E-state index in [2.05, 4.69) is 46.5 Å². The van der Waals surface area contributed by atoms with Crippen LogP contribution in [0.15, 0.2) is 17.1 Å². The molecule has 7 nitrogen and oxygen atoms in total. The van der Waals surface area contributed by atoms with Gasteiger partial charge in [-0.15, -0.1) is 24.0 Å². The molecule has 3 aliphatic rings. The van der Waals surface area contributed by atoms with Crippen LogP contribution in [0.1, 0.15) is 27.2 Å². The van der Waals surface area contributed by atoms with Crippen LogP contribution in [0.4, 0.5) is 0 Å². The van der Waals surface area contributed by atoms with Crippen molar-refractivity contribution >= 4 is 41.8 Å². The van der Waals surface area contributed by atoms with Crippen molar-refractivity contribution in [1.82, 2.24) is 20.4 Å². The van der Waals surface area contributed by atoms with Crippen LogP contribution in [-0.2, 0) is 9.59 Å². The third-order valence-corrected chi connectivity index (χ3v) is 6.37. The van der Waals surface area contributed by atoms with Crippen LogP contribution in [0.3, 0.4) is 0 Å². The summed E-state index contributed by atoms with van der Waals surface area (Å²) in [6.45, 7) is 8.61. The Morgan fingerprint density at radius 2 is 1.75 bits per heavy atom. The first-order chi connectivity index (χ1) is 12.8. The van der Waals surface area contributed by atoms with Gasteiger partial charge in [0.1, 0.15) is 0 Å². The summed E-state index contributed by atoms with van der Waals surface area (Å²) in [6.07, 6.45) is 5.22. The molecule has 28 heavy (non-hydrogen) atoms. The number of amides is 2. The number of halogens is 1.